The molecule has 0 radical (unpaired) electrons. The fourth-order valence-corrected chi connectivity index (χ4v) is 2.42. The van der Waals surface area contributed by atoms with Crippen LogP contribution in [-0.4, -0.2) is 62.0 Å². The molecule has 0 bridgehead atoms. The van der Waals surface area contributed by atoms with E-state index in [9.17, 15) is 5.11 Å². The molecule has 0 aromatic carbocycles. The smallest absolute Gasteiger partial charge is 0.0664 e. The summed E-state index contributed by atoms with van der Waals surface area (Å²) < 4.78 is 5.02. The average molecular weight is 244 g/mol. The van der Waals surface area contributed by atoms with Gasteiger partial charge in [-0.25, -0.2) is 0 Å². The van der Waals surface area contributed by atoms with Gasteiger partial charge in [-0.15, -0.1) is 0 Å². The van der Waals surface area contributed by atoms with E-state index < -0.39 is 0 Å². The van der Waals surface area contributed by atoms with E-state index in [0.717, 1.165) is 32.8 Å². The Labute approximate surface area is 105 Å². The van der Waals surface area contributed by atoms with Crippen molar-refractivity contribution in [2.75, 3.05) is 39.9 Å². The van der Waals surface area contributed by atoms with Gasteiger partial charge in [-0.1, -0.05) is 0 Å². The molecule has 1 fully saturated rings. The minimum Gasteiger partial charge on any atom is -0.392 e. The molecule has 1 rings (SSSR count). The van der Waals surface area contributed by atoms with Gasteiger partial charge in [0.1, 0.15) is 0 Å². The quantitative estimate of drug-likeness (QED) is 0.647. The van der Waals surface area contributed by atoms with Gasteiger partial charge in [0.25, 0.3) is 0 Å². The first kappa shape index (κ1) is 14.9. The predicted molar refractivity (Wildman–Crippen MR) is 70.2 cm³/mol. The summed E-state index contributed by atoms with van der Waals surface area (Å²) in [5, 5.41) is 13.1. The van der Waals surface area contributed by atoms with Crippen LogP contribution in [-0.2, 0) is 4.74 Å². The summed E-state index contributed by atoms with van der Waals surface area (Å²) in [5.41, 5.74) is 0. The molecule has 3 unspecified atom stereocenters. The van der Waals surface area contributed by atoms with Crippen molar-refractivity contribution in [1.29, 1.82) is 0 Å². The summed E-state index contributed by atoms with van der Waals surface area (Å²) in [6.07, 6.45) is 2.30. The molecule has 0 aromatic heterocycles. The number of hydrogen-bond donors (Lipinski definition) is 2. The van der Waals surface area contributed by atoms with Gasteiger partial charge in [-0.3, -0.25) is 4.90 Å². The predicted octanol–water partition coefficient (Wildman–Crippen LogP) is 0.704. The number of methoxy groups -OCH3 is 1. The van der Waals surface area contributed by atoms with Crippen molar-refractivity contribution >= 4 is 0 Å². The molecule has 17 heavy (non-hydrogen) atoms. The Bertz CT molecular complexity index is 200. The zero-order valence-electron chi connectivity index (χ0n) is 11.5. The first-order valence-electron chi connectivity index (χ1n) is 6.77. The molecule has 0 spiro atoms. The average Bonchev–Trinajstić information content (AvgIpc) is 2.34. The maximum Gasteiger partial charge on any atom is 0.0664 e. The van der Waals surface area contributed by atoms with Crippen LogP contribution in [0.3, 0.4) is 0 Å². The first-order chi connectivity index (χ1) is 8.15. The summed E-state index contributed by atoms with van der Waals surface area (Å²) in [5.74, 6) is 0.710. The molecule has 4 nitrogen and oxygen atoms in total. The van der Waals surface area contributed by atoms with E-state index in [0.29, 0.717) is 5.92 Å². The summed E-state index contributed by atoms with van der Waals surface area (Å²) in [7, 11) is 1.73. The molecule has 0 aromatic rings. The number of rotatable bonds is 7. The Morgan fingerprint density at radius 2 is 2.24 bits per heavy atom. The lowest BCUT2D eigenvalue weighted by Gasteiger charge is -2.38. The number of aliphatic hydroxyl groups is 1. The summed E-state index contributed by atoms with van der Waals surface area (Å²) in [6.45, 7) is 9.00. The number of likely N-dealkylation sites (tertiary alicyclic amines) is 1. The number of hydrogen-bond acceptors (Lipinski definition) is 4. The van der Waals surface area contributed by atoms with Gasteiger partial charge in [-0.2, -0.15) is 0 Å². The Hall–Kier alpha value is -0.160. The molecule has 1 heterocycles. The third kappa shape index (κ3) is 5.34. The fraction of sp³-hybridized carbons (Fsp3) is 1.00. The highest BCUT2D eigenvalue weighted by Crippen LogP contribution is 2.19. The van der Waals surface area contributed by atoms with Crippen LogP contribution in [0.25, 0.3) is 0 Å². The minimum absolute atomic E-state index is 0.241. The number of piperidine rings is 1. The molecular weight excluding hydrogens is 216 g/mol. The van der Waals surface area contributed by atoms with Crippen LogP contribution in [0.15, 0.2) is 0 Å². The zero-order valence-corrected chi connectivity index (χ0v) is 11.5. The second kappa shape index (κ2) is 8.03. The van der Waals surface area contributed by atoms with Crippen LogP contribution in [0.2, 0.25) is 0 Å². The van der Waals surface area contributed by atoms with Gasteiger partial charge in [0, 0.05) is 26.2 Å². The lowest BCUT2D eigenvalue weighted by molar-refractivity contribution is 0.0430. The van der Waals surface area contributed by atoms with Crippen molar-refractivity contribution < 1.29 is 9.84 Å². The van der Waals surface area contributed by atoms with Crippen molar-refractivity contribution in [2.24, 2.45) is 5.92 Å². The largest absolute Gasteiger partial charge is 0.392 e. The lowest BCUT2D eigenvalue weighted by Crippen LogP contribution is -2.47. The SMILES string of the molecule is COCCNCC1CCCN(C(C)C(C)O)C1. The van der Waals surface area contributed by atoms with E-state index in [1.54, 1.807) is 7.11 Å². The van der Waals surface area contributed by atoms with Crippen LogP contribution >= 0.6 is 0 Å². The summed E-state index contributed by atoms with van der Waals surface area (Å²) >= 11 is 0. The van der Waals surface area contributed by atoms with Gasteiger partial charge < -0.3 is 15.2 Å². The van der Waals surface area contributed by atoms with Crippen molar-refractivity contribution in [2.45, 2.75) is 38.8 Å². The van der Waals surface area contributed by atoms with Gasteiger partial charge >= 0.3 is 0 Å². The second-order valence-corrected chi connectivity index (χ2v) is 5.18. The molecule has 1 aliphatic rings. The van der Waals surface area contributed by atoms with Crippen LogP contribution < -0.4 is 5.32 Å². The third-order valence-electron chi connectivity index (χ3n) is 3.74. The van der Waals surface area contributed by atoms with Gasteiger partial charge in [0.2, 0.25) is 0 Å². The summed E-state index contributed by atoms with van der Waals surface area (Å²) in [4.78, 5) is 2.41. The molecule has 3 atom stereocenters. The number of nitrogens with one attached hydrogen (secondary N) is 1. The van der Waals surface area contributed by atoms with Gasteiger partial charge in [0.05, 0.1) is 12.7 Å². The van der Waals surface area contributed by atoms with Crippen molar-refractivity contribution in [3.63, 3.8) is 0 Å². The number of aliphatic hydroxyl groups excluding tert-OH is 1. The fourth-order valence-electron chi connectivity index (χ4n) is 2.42. The van der Waals surface area contributed by atoms with E-state index in [-0.39, 0.29) is 12.1 Å². The van der Waals surface area contributed by atoms with E-state index in [1.807, 2.05) is 6.92 Å². The maximum absolute atomic E-state index is 9.63. The summed E-state index contributed by atoms with van der Waals surface area (Å²) in [6, 6.07) is 0.275. The normalized spacial score (nSPS) is 25.8. The number of ether oxygens (including phenoxy) is 1. The minimum atomic E-state index is -0.241. The third-order valence-corrected chi connectivity index (χ3v) is 3.74. The molecule has 102 valence electrons. The standard InChI is InChI=1S/C13H28N2O2/c1-11(12(2)16)15-7-4-5-13(10-15)9-14-6-8-17-3/h11-14,16H,4-10H2,1-3H3. The first-order valence-corrected chi connectivity index (χ1v) is 6.77. The van der Waals surface area contributed by atoms with E-state index in [2.05, 4.69) is 17.1 Å². The molecule has 0 aliphatic carbocycles. The van der Waals surface area contributed by atoms with E-state index in [4.69, 9.17) is 4.74 Å². The molecule has 2 N–H and O–H groups in total. The monoisotopic (exact) mass is 244 g/mol. The highest BCUT2D eigenvalue weighted by atomic mass is 16.5. The Kier molecular flexibility index (Phi) is 7.04. The molecule has 0 saturated carbocycles. The van der Waals surface area contributed by atoms with Crippen molar-refractivity contribution in [1.82, 2.24) is 10.2 Å². The number of nitrogens with zero attached hydrogens (tertiary/aromatic N) is 1. The van der Waals surface area contributed by atoms with Gasteiger partial charge in [-0.05, 0) is 45.7 Å². The molecule has 1 saturated heterocycles. The molecule has 0 amide bonds. The van der Waals surface area contributed by atoms with Crippen LogP contribution in [0.1, 0.15) is 26.7 Å². The van der Waals surface area contributed by atoms with Crippen LogP contribution in [0.5, 0.6) is 0 Å². The highest BCUT2D eigenvalue weighted by molar-refractivity contribution is 4.80. The van der Waals surface area contributed by atoms with Crippen molar-refractivity contribution in [3.05, 3.63) is 0 Å². The van der Waals surface area contributed by atoms with Crippen LogP contribution in [0.4, 0.5) is 0 Å². The van der Waals surface area contributed by atoms with E-state index >= 15 is 0 Å². The molecule has 1 aliphatic heterocycles. The van der Waals surface area contributed by atoms with Gasteiger partial charge in [0.15, 0.2) is 0 Å². The topological polar surface area (TPSA) is 44.7 Å². The Morgan fingerprint density at radius 1 is 1.47 bits per heavy atom. The lowest BCUT2D eigenvalue weighted by atomic mass is 9.96. The Morgan fingerprint density at radius 3 is 2.88 bits per heavy atom. The highest BCUT2D eigenvalue weighted by Gasteiger charge is 2.25. The van der Waals surface area contributed by atoms with Crippen molar-refractivity contribution in [3.8, 4) is 0 Å². The molecule has 4 heteroatoms. The zero-order chi connectivity index (χ0) is 12.7. The second-order valence-electron chi connectivity index (χ2n) is 5.18. The maximum atomic E-state index is 9.63. The Balaban J connectivity index is 2.24. The molecular formula is C13H28N2O2. The van der Waals surface area contributed by atoms with E-state index in [1.165, 1.54) is 12.8 Å². The van der Waals surface area contributed by atoms with Crippen LogP contribution in [0, 0.1) is 5.92 Å².